The Morgan fingerprint density at radius 1 is 1.02 bits per heavy atom. The molecule has 0 spiro atoms. The van der Waals surface area contributed by atoms with E-state index in [1.807, 2.05) is 6.07 Å². The van der Waals surface area contributed by atoms with E-state index in [4.69, 9.17) is 46.9 Å². The SMILES string of the molecule is COc1ccc(C(=O)N2CCSC2C(=O)O[C@@H](Cc2c(Cl)c[nH+]cc2Cl)c2ccc(OC(F)F)c(OCC3CC3)c2)cc1CN1CCOCC1. The number of aromatic nitrogens is 1. The quantitative estimate of drug-likeness (QED) is 0.182. The minimum Gasteiger partial charge on any atom is -0.496 e. The van der Waals surface area contributed by atoms with Crippen LogP contribution in [0.4, 0.5) is 8.78 Å². The number of H-pyrrole nitrogens is 1. The van der Waals surface area contributed by atoms with Gasteiger partial charge in [-0.2, -0.15) is 8.78 Å². The van der Waals surface area contributed by atoms with Gasteiger partial charge in [-0.25, -0.2) is 9.78 Å². The number of halogens is 4. The normalized spacial score (nSPS) is 18.6. The maximum atomic E-state index is 14.0. The number of rotatable bonds is 14. The molecule has 50 heavy (non-hydrogen) atoms. The molecule has 1 aromatic heterocycles. The number of methoxy groups -OCH3 is 1. The number of aromatic amines is 1. The van der Waals surface area contributed by atoms with Crippen LogP contribution in [0, 0.1) is 5.92 Å². The summed E-state index contributed by atoms with van der Waals surface area (Å²) in [4.78, 5) is 34.5. The molecule has 1 aliphatic carbocycles. The van der Waals surface area contributed by atoms with E-state index < -0.39 is 24.1 Å². The van der Waals surface area contributed by atoms with Gasteiger partial charge in [-0.3, -0.25) is 9.69 Å². The Kier molecular flexibility index (Phi) is 12.2. The van der Waals surface area contributed by atoms with E-state index in [0.717, 1.165) is 31.5 Å². The first-order valence-electron chi connectivity index (χ1n) is 16.4. The maximum absolute atomic E-state index is 14.0. The Morgan fingerprint density at radius 2 is 1.76 bits per heavy atom. The van der Waals surface area contributed by atoms with Crippen molar-refractivity contribution in [2.45, 2.75) is 43.9 Å². The molecule has 3 fully saturated rings. The molecule has 0 radical (unpaired) electrons. The second-order valence-electron chi connectivity index (χ2n) is 12.2. The molecule has 3 aliphatic rings. The van der Waals surface area contributed by atoms with Crippen molar-refractivity contribution in [1.82, 2.24) is 9.80 Å². The zero-order chi connectivity index (χ0) is 35.2. The van der Waals surface area contributed by atoms with Crippen LogP contribution in [0.1, 0.15) is 46.0 Å². The van der Waals surface area contributed by atoms with Crippen LogP contribution in [0.2, 0.25) is 10.0 Å². The van der Waals surface area contributed by atoms with Crippen LogP contribution in [0.3, 0.4) is 0 Å². The molecule has 1 amide bonds. The first kappa shape index (κ1) is 36.4. The lowest BCUT2D eigenvalue weighted by Gasteiger charge is -2.28. The highest BCUT2D eigenvalue weighted by Gasteiger charge is 2.38. The fraction of sp³-hybridized carbons (Fsp3) is 0.457. The van der Waals surface area contributed by atoms with Crippen LogP contribution in [0.5, 0.6) is 17.2 Å². The van der Waals surface area contributed by atoms with Gasteiger partial charge in [0.05, 0.1) is 26.9 Å². The fourth-order valence-corrected chi connectivity index (χ4v) is 7.51. The molecule has 1 unspecified atom stereocenters. The number of nitrogens with one attached hydrogen (secondary N) is 1. The Bertz CT molecular complexity index is 1660. The lowest BCUT2D eigenvalue weighted by atomic mass is 10.0. The van der Waals surface area contributed by atoms with E-state index in [0.29, 0.717) is 77.1 Å². The number of hydrogen-bond donors (Lipinski definition) is 0. The Balaban J connectivity index is 1.25. The van der Waals surface area contributed by atoms with E-state index in [2.05, 4.69) is 9.88 Å². The molecule has 3 heterocycles. The van der Waals surface area contributed by atoms with Crippen LogP contribution in [-0.2, 0) is 27.2 Å². The Labute approximate surface area is 303 Å². The first-order chi connectivity index (χ1) is 24.2. The Hall–Kier alpha value is -3.36. The molecule has 2 aromatic carbocycles. The number of ether oxygens (including phenoxy) is 5. The molecule has 10 nitrogen and oxygen atoms in total. The summed E-state index contributed by atoms with van der Waals surface area (Å²) >= 11 is 14.3. The third-order valence-corrected chi connectivity index (χ3v) is 10.6. The molecule has 15 heteroatoms. The van der Waals surface area contributed by atoms with Crippen molar-refractivity contribution in [3.8, 4) is 17.2 Å². The van der Waals surface area contributed by atoms with Gasteiger partial charge < -0.3 is 28.6 Å². The molecular formula is C35H38Cl2F2N3O7S+. The number of benzene rings is 2. The third kappa shape index (κ3) is 9.10. The van der Waals surface area contributed by atoms with Crippen molar-refractivity contribution in [2.24, 2.45) is 5.92 Å². The number of pyridine rings is 1. The molecule has 2 saturated heterocycles. The number of amides is 1. The van der Waals surface area contributed by atoms with Crippen LogP contribution in [0.15, 0.2) is 48.8 Å². The van der Waals surface area contributed by atoms with Gasteiger partial charge in [-0.15, -0.1) is 11.8 Å². The average Bonchev–Trinajstić information content (AvgIpc) is 3.81. The monoisotopic (exact) mass is 752 g/mol. The van der Waals surface area contributed by atoms with Crippen molar-refractivity contribution >= 4 is 46.8 Å². The minimum atomic E-state index is -3.06. The first-order valence-corrected chi connectivity index (χ1v) is 18.2. The van der Waals surface area contributed by atoms with Crippen LogP contribution in [0.25, 0.3) is 0 Å². The van der Waals surface area contributed by atoms with Crippen molar-refractivity contribution in [1.29, 1.82) is 0 Å². The average molecular weight is 754 g/mol. The van der Waals surface area contributed by atoms with Crippen LogP contribution in [-0.4, -0.2) is 86.0 Å². The van der Waals surface area contributed by atoms with Gasteiger partial charge in [-0.1, -0.05) is 29.3 Å². The summed E-state index contributed by atoms with van der Waals surface area (Å²) in [5.41, 5.74) is 2.25. The third-order valence-electron chi connectivity index (χ3n) is 8.75. The lowest BCUT2D eigenvalue weighted by molar-refractivity contribution is -0.377. The molecule has 2 atom stereocenters. The number of thioether (sulfide) groups is 1. The number of morpholine rings is 1. The van der Waals surface area contributed by atoms with Gasteiger partial charge in [0.15, 0.2) is 29.3 Å². The van der Waals surface area contributed by atoms with Crippen molar-refractivity contribution in [3.05, 3.63) is 81.1 Å². The topological polar surface area (TPSA) is 101 Å². The van der Waals surface area contributed by atoms with E-state index in [9.17, 15) is 18.4 Å². The highest BCUT2D eigenvalue weighted by molar-refractivity contribution is 8.00. The van der Waals surface area contributed by atoms with Gasteiger partial charge in [0.1, 0.15) is 21.9 Å². The van der Waals surface area contributed by atoms with E-state index in [1.54, 1.807) is 31.6 Å². The number of alkyl halides is 2. The predicted octanol–water partition coefficient (Wildman–Crippen LogP) is 6.08. The van der Waals surface area contributed by atoms with E-state index in [1.165, 1.54) is 34.9 Å². The molecule has 1 saturated carbocycles. The number of carbonyl (C=O) groups excluding carboxylic acids is 2. The molecule has 268 valence electrons. The number of hydrogen-bond acceptors (Lipinski definition) is 9. The smallest absolute Gasteiger partial charge is 0.387 e. The molecular weight excluding hydrogens is 715 g/mol. The number of nitrogens with zero attached hydrogens (tertiary/aromatic N) is 2. The highest BCUT2D eigenvalue weighted by atomic mass is 35.5. The fourth-order valence-electron chi connectivity index (χ4n) is 5.88. The van der Waals surface area contributed by atoms with Gasteiger partial charge in [0.2, 0.25) is 0 Å². The second kappa shape index (κ2) is 16.8. The minimum absolute atomic E-state index is 0.0594. The predicted molar refractivity (Wildman–Crippen MR) is 183 cm³/mol. The van der Waals surface area contributed by atoms with Gasteiger partial charge >= 0.3 is 12.6 Å². The highest BCUT2D eigenvalue weighted by Crippen LogP contribution is 2.39. The number of esters is 1. The molecule has 1 N–H and O–H groups in total. The summed E-state index contributed by atoms with van der Waals surface area (Å²) in [5, 5.41) is -0.293. The van der Waals surface area contributed by atoms with Crippen molar-refractivity contribution < 1.29 is 47.0 Å². The molecule has 6 rings (SSSR count). The largest absolute Gasteiger partial charge is 0.496 e. The van der Waals surface area contributed by atoms with Gasteiger partial charge in [0, 0.05) is 55.0 Å². The van der Waals surface area contributed by atoms with Gasteiger partial charge in [0.25, 0.3) is 5.91 Å². The summed E-state index contributed by atoms with van der Waals surface area (Å²) in [7, 11) is 1.59. The standard InChI is InChI=1S/C35H37Cl2F2N3O7S/c1-45-28-6-5-23(14-24(28)19-41-8-11-46-12-9-41)32(43)42-10-13-50-33(42)34(44)48-30(16-25-26(36)17-40-18-27(25)37)22-4-7-29(49-35(38)39)31(15-22)47-20-21-2-3-21/h4-7,14-15,17-18,21,30,33,35H,2-3,8-13,16,19-20H2,1H3/p+1/t30-,33?/m0/s1. The zero-order valence-corrected chi connectivity index (χ0v) is 29.7. The summed E-state index contributed by atoms with van der Waals surface area (Å²) < 4.78 is 54.3. The summed E-state index contributed by atoms with van der Waals surface area (Å²) in [5.74, 6) is 0.559. The van der Waals surface area contributed by atoms with Crippen LogP contribution >= 0.6 is 35.0 Å². The zero-order valence-electron chi connectivity index (χ0n) is 27.4. The molecule has 2 aliphatic heterocycles. The van der Waals surface area contributed by atoms with Crippen LogP contribution < -0.4 is 19.2 Å². The summed E-state index contributed by atoms with van der Waals surface area (Å²) in [6.07, 6.45) is 4.19. The summed E-state index contributed by atoms with van der Waals surface area (Å²) in [6.45, 7) is 1.03. The Morgan fingerprint density at radius 3 is 2.46 bits per heavy atom. The maximum Gasteiger partial charge on any atom is 0.387 e. The molecule has 3 aromatic rings. The second-order valence-corrected chi connectivity index (χ2v) is 14.2. The van der Waals surface area contributed by atoms with E-state index in [-0.39, 0.29) is 23.8 Å². The molecule has 0 bridgehead atoms. The van der Waals surface area contributed by atoms with E-state index >= 15 is 0 Å². The van der Waals surface area contributed by atoms with Gasteiger partial charge in [-0.05, 0) is 54.7 Å². The van der Waals surface area contributed by atoms with Crippen molar-refractivity contribution in [3.63, 3.8) is 0 Å². The lowest BCUT2D eigenvalue weighted by Crippen LogP contribution is -2.41. The number of carbonyl (C=O) groups is 2. The summed E-state index contributed by atoms with van der Waals surface area (Å²) in [6, 6.07) is 9.71. The van der Waals surface area contributed by atoms with Crippen molar-refractivity contribution in [2.75, 3.05) is 52.3 Å².